The van der Waals surface area contributed by atoms with E-state index in [9.17, 15) is 4.79 Å². The van der Waals surface area contributed by atoms with Crippen molar-refractivity contribution >= 4 is 29.6 Å². The van der Waals surface area contributed by atoms with E-state index in [1.807, 2.05) is 0 Å². The summed E-state index contributed by atoms with van der Waals surface area (Å²) in [4.78, 5) is 16.1. The number of hydrazone groups is 3. The largest absolute Gasteiger partial charge is 0.324 e. The monoisotopic (exact) mass is 281 g/mol. The highest BCUT2D eigenvalue weighted by Gasteiger charge is 2.23. The van der Waals surface area contributed by atoms with E-state index in [4.69, 9.17) is 17.5 Å². The maximum atomic E-state index is 12.2. The minimum atomic E-state index is -0.462. The summed E-state index contributed by atoms with van der Waals surface area (Å²) < 4.78 is 0. The minimum Gasteiger partial charge on any atom is -0.324 e. The molecule has 0 aromatic heterocycles. The van der Waals surface area contributed by atoms with E-state index in [2.05, 4.69) is 20.3 Å². The van der Waals surface area contributed by atoms with Gasteiger partial charge in [-0.2, -0.15) is 15.3 Å². The summed E-state index contributed by atoms with van der Waals surface area (Å²) in [6, 6.07) is 0. The lowest BCUT2D eigenvalue weighted by Gasteiger charge is -2.16. The van der Waals surface area contributed by atoms with E-state index in [0.717, 1.165) is 5.71 Å². The molecule has 2 atom stereocenters. The van der Waals surface area contributed by atoms with Crippen LogP contribution in [0.15, 0.2) is 20.3 Å². The molecule has 0 aromatic carbocycles. The minimum absolute atomic E-state index is 0.0254. The first-order valence-corrected chi connectivity index (χ1v) is 6.16. The number of carbonyl (C=O) groups is 1. The molecule has 0 radical (unpaired) electrons. The second-order valence-corrected chi connectivity index (χ2v) is 4.42. The number of ketones is 1. The summed E-state index contributed by atoms with van der Waals surface area (Å²) in [5.74, 6) is 14.9. The van der Waals surface area contributed by atoms with Crippen molar-refractivity contribution in [3.63, 3.8) is 0 Å². The van der Waals surface area contributed by atoms with Crippen molar-refractivity contribution in [2.45, 2.75) is 26.7 Å². The lowest BCUT2D eigenvalue weighted by atomic mass is 9.88. The molecule has 0 amide bonds. The van der Waals surface area contributed by atoms with Crippen molar-refractivity contribution in [1.82, 2.24) is 0 Å². The highest BCUT2D eigenvalue weighted by atomic mass is 16.1. The molecule has 0 aliphatic rings. The lowest BCUT2D eigenvalue weighted by Crippen LogP contribution is -2.26. The van der Waals surface area contributed by atoms with Crippen LogP contribution in [0.1, 0.15) is 26.7 Å². The SMILES string of the molecule is C/N=C(\C)CC(=O)C(/C=N/N)CC(/C=N/N)/C(C)=N\N. The molecule has 0 fully saturated rings. The Bertz CT molecular complexity index is 426. The van der Waals surface area contributed by atoms with Crippen LogP contribution in [0.25, 0.3) is 0 Å². The molecule has 0 saturated carbocycles. The normalized spacial score (nSPS) is 16.8. The van der Waals surface area contributed by atoms with Crippen molar-refractivity contribution in [2.75, 3.05) is 7.05 Å². The summed E-state index contributed by atoms with van der Waals surface area (Å²) >= 11 is 0. The number of hydrogen-bond acceptors (Lipinski definition) is 8. The fourth-order valence-corrected chi connectivity index (χ4v) is 1.65. The van der Waals surface area contributed by atoms with Gasteiger partial charge in [0.2, 0.25) is 0 Å². The number of aliphatic imine (C=N–C) groups is 1. The summed E-state index contributed by atoms with van der Waals surface area (Å²) in [5, 5.41) is 10.6. The Morgan fingerprint density at radius 3 is 2.10 bits per heavy atom. The lowest BCUT2D eigenvalue weighted by molar-refractivity contribution is -0.119. The third kappa shape index (κ3) is 6.07. The molecule has 2 unspecified atom stereocenters. The number of nitrogens with zero attached hydrogens (tertiary/aromatic N) is 4. The van der Waals surface area contributed by atoms with Crippen LogP contribution in [0.5, 0.6) is 0 Å². The maximum Gasteiger partial charge on any atom is 0.146 e. The number of carbonyl (C=O) groups excluding carboxylic acids is 1. The van der Waals surface area contributed by atoms with Crippen molar-refractivity contribution in [1.29, 1.82) is 0 Å². The van der Waals surface area contributed by atoms with Gasteiger partial charge in [0, 0.05) is 43.2 Å². The van der Waals surface area contributed by atoms with E-state index in [1.165, 1.54) is 12.4 Å². The van der Waals surface area contributed by atoms with Crippen LogP contribution in [-0.4, -0.2) is 36.7 Å². The molecular formula is C12H23N7O. The molecule has 8 heteroatoms. The molecule has 0 aliphatic carbocycles. The average molecular weight is 281 g/mol. The van der Waals surface area contributed by atoms with Gasteiger partial charge in [0.05, 0.1) is 5.92 Å². The molecule has 20 heavy (non-hydrogen) atoms. The molecule has 0 heterocycles. The average Bonchev–Trinajstić information content (AvgIpc) is 2.44. The van der Waals surface area contributed by atoms with E-state index in [-0.39, 0.29) is 18.1 Å². The van der Waals surface area contributed by atoms with Crippen LogP contribution in [0.2, 0.25) is 0 Å². The zero-order valence-corrected chi connectivity index (χ0v) is 12.2. The predicted octanol–water partition coefficient (Wildman–Crippen LogP) is -0.118. The van der Waals surface area contributed by atoms with Crippen LogP contribution in [0.4, 0.5) is 0 Å². The number of rotatable bonds is 8. The molecule has 8 nitrogen and oxygen atoms in total. The molecule has 0 bridgehead atoms. The molecule has 6 N–H and O–H groups in total. The molecule has 112 valence electrons. The molecule has 0 saturated heterocycles. The first-order valence-electron chi connectivity index (χ1n) is 6.16. The van der Waals surface area contributed by atoms with Gasteiger partial charge in [-0.05, 0) is 20.3 Å². The summed E-state index contributed by atoms with van der Waals surface area (Å²) in [7, 11) is 1.64. The molecule has 0 rings (SSSR count). The Kier molecular flexibility index (Phi) is 8.56. The highest BCUT2D eigenvalue weighted by molar-refractivity contribution is 6.07. The van der Waals surface area contributed by atoms with Crippen LogP contribution < -0.4 is 17.5 Å². The molecule has 0 aromatic rings. The number of Topliss-reactive ketones (excluding diaryl/α,β-unsaturated/α-hetero) is 1. The third-order valence-corrected chi connectivity index (χ3v) is 3.01. The van der Waals surface area contributed by atoms with Gasteiger partial charge in [-0.1, -0.05) is 0 Å². The third-order valence-electron chi connectivity index (χ3n) is 3.01. The van der Waals surface area contributed by atoms with Gasteiger partial charge >= 0.3 is 0 Å². The van der Waals surface area contributed by atoms with Crippen molar-refractivity contribution in [3.05, 3.63) is 0 Å². The zero-order chi connectivity index (χ0) is 15.5. The smallest absolute Gasteiger partial charge is 0.146 e. The van der Waals surface area contributed by atoms with E-state index in [0.29, 0.717) is 12.1 Å². The number of nitrogens with two attached hydrogens (primary N) is 3. The molecule has 0 aliphatic heterocycles. The van der Waals surface area contributed by atoms with E-state index < -0.39 is 5.92 Å². The van der Waals surface area contributed by atoms with Gasteiger partial charge in [0.15, 0.2) is 0 Å². The van der Waals surface area contributed by atoms with Crippen molar-refractivity contribution in [2.24, 2.45) is 49.7 Å². The Labute approximate surface area is 118 Å². The van der Waals surface area contributed by atoms with Gasteiger partial charge < -0.3 is 17.5 Å². The Hall–Kier alpha value is -2.25. The van der Waals surface area contributed by atoms with Crippen molar-refractivity contribution < 1.29 is 4.79 Å². The first-order chi connectivity index (χ1) is 9.49. The first kappa shape index (κ1) is 17.8. The van der Waals surface area contributed by atoms with Gasteiger partial charge in [0.25, 0.3) is 0 Å². The topological polar surface area (TPSA) is 145 Å². The Morgan fingerprint density at radius 2 is 1.65 bits per heavy atom. The van der Waals surface area contributed by atoms with Crippen LogP contribution in [-0.2, 0) is 4.79 Å². The Morgan fingerprint density at radius 1 is 1.10 bits per heavy atom. The van der Waals surface area contributed by atoms with Gasteiger partial charge in [0.1, 0.15) is 5.78 Å². The second kappa shape index (κ2) is 9.65. The highest BCUT2D eigenvalue weighted by Crippen LogP contribution is 2.14. The maximum absolute atomic E-state index is 12.2. The van der Waals surface area contributed by atoms with Crippen molar-refractivity contribution in [3.8, 4) is 0 Å². The zero-order valence-electron chi connectivity index (χ0n) is 12.2. The fraction of sp³-hybridized carbons (Fsp3) is 0.583. The predicted molar refractivity (Wildman–Crippen MR) is 82.9 cm³/mol. The summed E-state index contributed by atoms with van der Waals surface area (Å²) in [6.45, 7) is 3.53. The van der Waals surface area contributed by atoms with E-state index >= 15 is 0 Å². The summed E-state index contributed by atoms with van der Waals surface area (Å²) in [5.41, 5.74) is 1.38. The quantitative estimate of drug-likeness (QED) is 0.323. The van der Waals surface area contributed by atoms with Crippen LogP contribution in [0, 0.1) is 11.8 Å². The summed E-state index contributed by atoms with van der Waals surface area (Å²) in [6.07, 6.45) is 3.56. The molecular weight excluding hydrogens is 258 g/mol. The fourth-order valence-electron chi connectivity index (χ4n) is 1.65. The van der Waals surface area contributed by atoms with Crippen LogP contribution in [0.3, 0.4) is 0 Å². The van der Waals surface area contributed by atoms with Crippen LogP contribution >= 0.6 is 0 Å². The van der Waals surface area contributed by atoms with Gasteiger partial charge in [-0.3, -0.25) is 9.79 Å². The number of hydrogen-bond donors (Lipinski definition) is 3. The van der Waals surface area contributed by atoms with Gasteiger partial charge in [-0.15, -0.1) is 0 Å². The molecule has 0 spiro atoms. The Balaban J connectivity index is 5.04. The van der Waals surface area contributed by atoms with Gasteiger partial charge in [-0.25, -0.2) is 0 Å². The van der Waals surface area contributed by atoms with E-state index in [1.54, 1.807) is 20.9 Å². The second-order valence-electron chi connectivity index (χ2n) is 4.42. The standard InChI is InChI=1S/C12H23N7O/c1-8(16-3)4-12(20)11(7-18-14)5-10(6-17-13)9(2)19-15/h6-7,10-11H,4-5,13-15H2,1-3H3/b16-8+,17-6+,18-7+,19-9-.